The SMILES string of the molecule is Cc1ccc(/C=C2\Oc3c4c(cc(C)c3C2=O)OCN(Cc2ccc(Cl)cc2Cl)C4)cc1. The van der Waals surface area contributed by atoms with Gasteiger partial charge in [0.1, 0.15) is 18.2 Å². The molecule has 0 fully saturated rings. The molecule has 6 heteroatoms. The molecular formula is C26H21Cl2NO3. The molecule has 32 heavy (non-hydrogen) atoms. The average molecular weight is 466 g/mol. The Labute approximate surface area is 197 Å². The quantitative estimate of drug-likeness (QED) is 0.409. The van der Waals surface area contributed by atoms with Crippen molar-refractivity contribution in [3.63, 3.8) is 0 Å². The molecular weight excluding hydrogens is 445 g/mol. The van der Waals surface area contributed by atoms with E-state index in [1.54, 1.807) is 12.1 Å². The summed E-state index contributed by atoms with van der Waals surface area (Å²) in [5.41, 5.74) is 5.39. The van der Waals surface area contributed by atoms with Gasteiger partial charge in [0.2, 0.25) is 5.78 Å². The highest BCUT2D eigenvalue weighted by Gasteiger charge is 2.35. The zero-order valence-electron chi connectivity index (χ0n) is 17.7. The van der Waals surface area contributed by atoms with Crippen LogP contribution in [-0.2, 0) is 13.1 Å². The Bertz CT molecular complexity index is 1270. The third-order valence-corrected chi connectivity index (χ3v) is 6.36. The van der Waals surface area contributed by atoms with Gasteiger partial charge in [-0.1, -0.05) is 59.1 Å². The van der Waals surface area contributed by atoms with Gasteiger partial charge < -0.3 is 9.47 Å². The highest BCUT2D eigenvalue weighted by molar-refractivity contribution is 6.35. The summed E-state index contributed by atoms with van der Waals surface area (Å²) in [5, 5.41) is 1.22. The van der Waals surface area contributed by atoms with Crippen LogP contribution in [0.2, 0.25) is 10.0 Å². The lowest BCUT2D eigenvalue weighted by Gasteiger charge is -2.30. The van der Waals surface area contributed by atoms with Gasteiger partial charge in [-0.2, -0.15) is 0 Å². The van der Waals surface area contributed by atoms with E-state index in [0.29, 0.717) is 46.9 Å². The second-order valence-corrected chi connectivity index (χ2v) is 9.06. The fraction of sp³-hybridized carbons (Fsp3) is 0.192. The number of Topliss-reactive ketones (excluding diaryl/α,β-unsaturated/α-hetero) is 1. The van der Waals surface area contributed by atoms with Crippen LogP contribution in [0, 0.1) is 13.8 Å². The Hall–Kier alpha value is -2.79. The maximum absolute atomic E-state index is 13.1. The Balaban J connectivity index is 1.45. The van der Waals surface area contributed by atoms with Gasteiger partial charge in [-0.15, -0.1) is 0 Å². The van der Waals surface area contributed by atoms with E-state index in [0.717, 1.165) is 33.6 Å². The van der Waals surface area contributed by atoms with Gasteiger partial charge in [0.25, 0.3) is 0 Å². The Morgan fingerprint density at radius 2 is 1.84 bits per heavy atom. The molecule has 0 atom stereocenters. The lowest BCUT2D eigenvalue weighted by Crippen LogP contribution is -2.32. The van der Waals surface area contributed by atoms with Crippen molar-refractivity contribution >= 4 is 35.1 Å². The lowest BCUT2D eigenvalue weighted by molar-refractivity contribution is 0.0872. The second-order valence-electron chi connectivity index (χ2n) is 8.22. The molecule has 2 heterocycles. The van der Waals surface area contributed by atoms with Crippen molar-refractivity contribution in [1.29, 1.82) is 0 Å². The number of ether oxygens (including phenoxy) is 2. The second kappa shape index (κ2) is 8.28. The fourth-order valence-corrected chi connectivity index (χ4v) is 4.55. The van der Waals surface area contributed by atoms with Gasteiger partial charge in [0.05, 0.1) is 11.1 Å². The molecule has 0 radical (unpaired) electrons. The minimum Gasteiger partial charge on any atom is -0.478 e. The largest absolute Gasteiger partial charge is 0.478 e. The van der Waals surface area contributed by atoms with Crippen LogP contribution >= 0.6 is 23.2 Å². The Morgan fingerprint density at radius 1 is 1.06 bits per heavy atom. The first-order valence-electron chi connectivity index (χ1n) is 10.4. The van der Waals surface area contributed by atoms with E-state index in [9.17, 15) is 4.79 Å². The molecule has 5 rings (SSSR count). The third-order valence-electron chi connectivity index (χ3n) is 5.77. The molecule has 3 aromatic carbocycles. The first-order valence-corrected chi connectivity index (χ1v) is 11.1. The zero-order chi connectivity index (χ0) is 22.4. The average Bonchev–Trinajstić information content (AvgIpc) is 3.09. The maximum atomic E-state index is 13.1. The number of hydrogen-bond acceptors (Lipinski definition) is 4. The number of ketones is 1. The summed E-state index contributed by atoms with van der Waals surface area (Å²) < 4.78 is 12.2. The van der Waals surface area contributed by atoms with E-state index in [1.165, 1.54) is 0 Å². The number of nitrogens with zero attached hydrogens (tertiary/aromatic N) is 1. The van der Waals surface area contributed by atoms with Crippen LogP contribution < -0.4 is 9.47 Å². The molecule has 0 amide bonds. The minimum absolute atomic E-state index is 0.0984. The molecule has 4 nitrogen and oxygen atoms in total. The summed E-state index contributed by atoms with van der Waals surface area (Å²) in [4.78, 5) is 15.3. The maximum Gasteiger partial charge on any atom is 0.232 e. The van der Waals surface area contributed by atoms with Crippen LogP contribution in [0.1, 0.15) is 38.2 Å². The normalized spacial score (nSPS) is 16.5. The van der Waals surface area contributed by atoms with Crippen molar-refractivity contribution in [2.75, 3.05) is 6.73 Å². The van der Waals surface area contributed by atoms with Crippen molar-refractivity contribution in [3.8, 4) is 11.5 Å². The van der Waals surface area contributed by atoms with Gasteiger partial charge in [0, 0.05) is 23.1 Å². The van der Waals surface area contributed by atoms with E-state index in [2.05, 4.69) is 4.90 Å². The van der Waals surface area contributed by atoms with Crippen LogP contribution in [0.15, 0.2) is 54.3 Å². The number of aryl methyl sites for hydroxylation is 2. The van der Waals surface area contributed by atoms with Gasteiger partial charge in [-0.05, 0) is 54.8 Å². The predicted molar refractivity (Wildman–Crippen MR) is 126 cm³/mol. The predicted octanol–water partition coefficient (Wildman–Crippen LogP) is 6.58. The molecule has 3 aromatic rings. The van der Waals surface area contributed by atoms with Gasteiger partial charge >= 0.3 is 0 Å². The molecule has 0 aromatic heterocycles. The van der Waals surface area contributed by atoms with Crippen molar-refractivity contribution in [2.45, 2.75) is 26.9 Å². The molecule has 0 saturated carbocycles. The van der Waals surface area contributed by atoms with Crippen LogP contribution in [-0.4, -0.2) is 17.4 Å². The van der Waals surface area contributed by atoms with Gasteiger partial charge in [-0.25, -0.2) is 0 Å². The summed E-state index contributed by atoms with van der Waals surface area (Å²) in [6.45, 7) is 5.55. The summed E-state index contributed by atoms with van der Waals surface area (Å²) in [5.74, 6) is 1.58. The molecule has 0 bridgehead atoms. The summed E-state index contributed by atoms with van der Waals surface area (Å²) in [7, 11) is 0. The first-order chi connectivity index (χ1) is 15.4. The molecule has 0 unspecified atom stereocenters. The highest BCUT2D eigenvalue weighted by atomic mass is 35.5. The summed E-state index contributed by atoms with van der Waals surface area (Å²) in [6.07, 6.45) is 1.79. The van der Waals surface area contributed by atoms with Crippen molar-refractivity contribution < 1.29 is 14.3 Å². The smallest absolute Gasteiger partial charge is 0.232 e. The summed E-state index contributed by atoms with van der Waals surface area (Å²) >= 11 is 12.4. The molecule has 0 saturated heterocycles. The van der Waals surface area contributed by atoms with E-state index in [-0.39, 0.29) is 5.78 Å². The van der Waals surface area contributed by atoms with E-state index in [4.69, 9.17) is 32.7 Å². The van der Waals surface area contributed by atoms with E-state index in [1.807, 2.05) is 56.3 Å². The fourth-order valence-electron chi connectivity index (χ4n) is 4.08. The molecule has 0 spiro atoms. The number of carbonyl (C=O) groups is 1. The number of rotatable bonds is 3. The monoisotopic (exact) mass is 465 g/mol. The number of fused-ring (bicyclic) bond motifs is 3. The zero-order valence-corrected chi connectivity index (χ0v) is 19.3. The van der Waals surface area contributed by atoms with Crippen molar-refractivity contribution in [1.82, 2.24) is 4.90 Å². The Kier molecular flexibility index (Phi) is 5.46. The molecule has 2 aliphatic rings. The topological polar surface area (TPSA) is 38.8 Å². The third kappa shape index (κ3) is 3.90. The van der Waals surface area contributed by atoms with Crippen molar-refractivity contribution in [2.24, 2.45) is 0 Å². The van der Waals surface area contributed by atoms with Crippen LogP contribution in [0.25, 0.3) is 6.08 Å². The highest BCUT2D eigenvalue weighted by Crippen LogP contribution is 2.44. The Morgan fingerprint density at radius 3 is 2.59 bits per heavy atom. The molecule has 0 aliphatic carbocycles. The summed E-state index contributed by atoms with van der Waals surface area (Å²) in [6, 6.07) is 15.4. The molecule has 2 aliphatic heterocycles. The number of hydrogen-bond donors (Lipinski definition) is 0. The number of carbonyl (C=O) groups excluding carboxylic acids is 1. The standard InChI is InChI=1S/C26H21Cl2NO3/c1-15-3-5-17(6-4-15)10-23-25(30)24-16(2)9-22-20(26(24)32-23)13-29(14-31-22)12-18-7-8-19(27)11-21(18)28/h3-11H,12-14H2,1-2H3/b23-10-. The minimum atomic E-state index is -0.0984. The van der Waals surface area contributed by atoms with Crippen molar-refractivity contribution in [3.05, 3.63) is 97.7 Å². The number of benzene rings is 3. The van der Waals surface area contributed by atoms with Gasteiger partial charge in [-0.3, -0.25) is 9.69 Å². The number of halogens is 2. The van der Waals surface area contributed by atoms with E-state index < -0.39 is 0 Å². The first kappa shape index (κ1) is 21.1. The van der Waals surface area contributed by atoms with Crippen LogP contribution in [0.3, 0.4) is 0 Å². The molecule has 0 N–H and O–H groups in total. The number of allylic oxidation sites excluding steroid dienone is 1. The van der Waals surface area contributed by atoms with Crippen LogP contribution in [0.5, 0.6) is 11.5 Å². The van der Waals surface area contributed by atoms with Gasteiger partial charge in [0.15, 0.2) is 5.76 Å². The van der Waals surface area contributed by atoms with Crippen LogP contribution in [0.4, 0.5) is 0 Å². The lowest BCUT2D eigenvalue weighted by atomic mass is 9.98. The molecule has 162 valence electrons. The van der Waals surface area contributed by atoms with E-state index >= 15 is 0 Å².